The van der Waals surface area contributed by atoms with Crippen LogP contribution in [0.25, 0.3) is 0 Å². The summed E-state index contributed by atoms with van der Waals surface area (Å²) in [6, 6.07) is 0.579. The van der Waals surface area contributed by atoms with Gasteiger partial charge in [0.25, 0.3) is 0 Å². The van der Waals surface area contributed by atoms with Gasteiger partial charge in [-0.1, -0.05) is 33.1 Å². The third-order valence-electron chi connectivity index (χ3n) is 5.13. The summed E-state index contributed by atoms with van der Waals surface area (Å²) in [7, 11) is 0. The highest BCUT2D eigenvalue weighted by atomic mass is 16.2. The van der Waals surface area contributed by atoms with Crippen molar-refractivity contribution in [1.29, 1.82) is 0 Å². The number of nitrogens with one attached hydrogen (secondary N) is 1. The van der Waals surface area contributed by atoms with E-state index in [-0.39, 0.29) is 6.04 Å². The molecular weight excluding hydrogens is 248 g/mol. The number of hydrogen-bond acceptors (Lipinski definition) is 2. The van der Waals surface area contributed by atoms with Gasteiger partial charge in [0, 0.05) is 12.6 Å². The number of rotatable bonds is 6. The van der Waals surface area contributed by atoms with Crippen LogP contribution in [-0.4, -0.2) is 36.0 Å². The molecule has 1 N–H and O–H groups in total. The standard InChI is InChI=1S/C17H32N2O/c1-3-12-18-15-11-8-13-19(17(15)20)16(4-2)14-9-6-5-7-10-14/h14-16,18H,3-13H2,1-2H3. The van der Waals surface area contributed by atoms with Gasteiger partial charge in [-0.25, -0.2) is 0 Å². The molecule has 2 aliphatic rings. The van der Waals surface area contributed by atoms with Crippen LogP contribution < -0.4 is 5.32 Å². The van der Waals surface area contributed by atoms with E-state index in [2.05, 4.69) is 24.1 Å². The molecule has 1 heterocycles. The smallest absolute Gasteiger partial charge is 0.239 e. The summed E-state index contributed by atoms with van der Waals surface area (Å²) < 4.78 is 0. The van der Waals surface area contributed by atoms with Crippen molar-refractivity contribution < 1.29 is 4.79 Å². The first-order chi connectivity index (χ1) is 9.77. The number of likely N-dealkylation sites (tertiary alicyclic amines) is 1. The summed E-state index contributed by atoms with van der Waals surface area (Å²) in [6.07, 6.45) is 11.2. The molecule has 2 rings (SSSR count). The lowest BCUT2D eigenvalue weighted by atomic mass is 9.81. The Morgan fingerprint density at radius 2 is 1.90 bits per heavy atom. The van der Waals surface area contributed by atoms with Crippen molar-refractivity contribution in [2.24, 2.45) is 5.92 Å². The molecule has 0 spiro atoms. The zero-order valence-electron chi connectivity index (χ0n) is 13.4. The first-order valence-corrected chi connectivity index (χ1v) is 8.81. The van der Waals surface area contributed by atoms with Crippen LogP contribution in [0.4, 0.5) is 0 Å². The van der Waals surface area contributed by atoms with Crippen molar-refractivity contribution in [2.45, 2.75) is 83.7 Å². The van der Waals surface area contributed by atoms with Crippen LogP contribution >= 0.6 is 0 Å². The van der Waals surface area contributed by atoms with E-state index in [4.69, 9.17) is 0 Å². The topological polar surface area (TPSA) is 32.3 Å². The Labute approximate surface area is 124 Å². The molecule has 0 aromatic heterocycles. The minimum atomic E-state index is 0.0846. The lowest BCUT2D eigenvalue weighted by Crippen LogP contribution is -2.56. The molecule has 2 atom stereocenters. The predicted molar refractivity (Wildman–Crippen MR) is 83.7 cm³/mol. The summed E-state index contributed by atoms with van der Waals surface area (Å²) in [5, 5.41) is 3.44. The van der Waals surface area contributed by atoms with E-state index in [1.165, 1.54) is 32.1 Å². The van der Waals surface area contributed by atoms with Crippen LogP contribution in [0.15, 0.2) is 0 Å². The predicted octanol–water partition coefficient (Wildman–Crippen LogP) is 3.34. The second kappa shape index (κ2) is 8.02. The van der Waals surface area contributed by atoms with Gasteiger partial charge in [0.05, 0.1) is 6.04 Å². The summed E-state index contributed by atoms with van der Waals surface area (Å²) in [6.45, 7) is 6.37. The quantitative estimate of drug-likeness (QED) is 0.809. The average Bonchev–Trinajstić information content (AvgIpc) is 2.49. The van der Waals surface area contributed by atoms with Crippen molar-refractivity contribution in [3.05, 3.63) is 0 Å². The van der Waals surface area contributed by atoms with Gasteiger partial charge in [-0.15, -0.1) is 0 Å². The van der Waals surface area contributed by atoms with E-state index in [1.54, 1.807) is 0 Å². The Kier molecular flexibility index (Phi) is 6.34. The van der Waals surface area contributed by atoms with Crippen LogP contribution in [-0.2, 0) is 4.79 Å². The van der Waals surface area contributed by atoms with Crippen molar-refractivity contribution >= 4 is 5.91 Å². The molecule has 1 saturated heterocycles. The second-order valence-corrected chi connectivity index (χ2v) is 6.55. The first-order valence-electron chi connectivity index (χ1n) is 8.81. The molecular formula is C17H32N2O. The summed E-state index contributed by atoms with van der Waals surface area (Å²) >= 11 is 0. The van der Waals surface area contributed by atoms with Gasteiger partial charge in [-0.05, 0) is 51.0 Å². The normalized spacial score (nSPS) is 26.8. The Bertz CT molecular complexity index is 299. The third-order valence-corrected chi connectivity index (χ3v) is 5.13. The fourth-order valence-electron chi connectivity index (χ4n) is 4.06. The maximum Gasteiger partial charge on any atom is 0.239 e. The van der Waals surface area contributed by atoms with Crippen LogP contribution in [0.3, 0.4) is 0 Å². The maximum atomic E-state index is 12.7. The highest BCUT2D eigenvalue weighted by Crippen LogP contribution is 2.32. The Balaban J connectivity index is 1.98. The Morgan fingerprint density at radius 3 is 2.55 bits per heavy atom. The molecule has 1 aliphatic heterocycles. The van der Waals surface area contributed by atoms with E-state index >= 15 is 0 Å². The molecule has 1 saturated carbocycles. The zero-order valence-corrected chi connectivity index (χ0v) is 13.4. The highest BCUT2D eigenvalue weighted by Gasteiger charge is 2.35. The van der Waals surface area contributed by atoms with Gasteiger partial charge in [0.15, 0.2) is 0 Å². The van der Waals surface area contributed by atoms with Gasteiger partial charge < -0.3 is 10.2 Å². The lowest BCUT2D eigenvalue weighted by Gasteiger charge is -2.42. The van der Waals surface area contributed by atoms with Crippen LogP contribution in [0.2, 0.25) is 0 Å². The van der Waals surface area contributed by atoms with Gasteiger partial charge in [-0.3, -0.25) is 4.79 Å². The Morgan fingerprint density at radius 1 is 1.15 bits per heavy atom. The van der Waals surface area contributed by atoms with Crippen molar-refractivity contribution in [3.8, 4) is 0 Å². The van der Waals surface area contributed by atoms with Crippen molar-refractivity contribution in [1.82, 2.24) is 10.2 Å². The number of carbonyl (C=O) groups excluding carboxylic acids is 1. The molecule has 0 radical (unpaired) electrons. The zero-order chi connectivity index (χ0) is 14.4. The fourth-order valence-corrected chi connectivity index (χ4v) is 4.06. The number of piperidine rings is 1. The van der Waals surface area contributed by atoms with Crippen molar-refractivity contribution in [2.75, 3.05) is 13.1 Å². The monoisotopic (exact) mass is 280 g/mol. The van der Waals surface area contributed by atoms with Gasteiger partial charge in [0.2, 0.25) is 5.91 Å². The van der Waals surface area contributed by atoms with Crippen LogP contribution in [0.5, 0.6) is 0 Å². The number of nitrogens with zero attached hydrogens (tertiary/aromatic N) is 1. The van der Waals surface area contributed by atoms with Gasteiger partial charge in [0.1, 0.15) is 0 Å². The SMILES string of the molecule is CCCNC1CCCN(C(CC)C2CCCCC2)C1=O. The molecule has 0 aromatic rings. The molecule has 0 bridgehead atoms. The summed E-state index contributed by atoms with van der Waals surface area (Å²) in [5.41, 5.74) is 0. The fraction of sp³-hybridized carbons (Fsp3) is 0.941. The largest absolute Gasteiger partial charge is 0.338 e. The maximum absolute atomic E-state index is 12.7. The molecule has 1 amide bonds. The Hall–Kier alpha value is -0.570. The minimum absolute atomic E-state index is 0.0846. The van der Waals surface area contributed by atoms with E-state index in [9.17, 15) is 4.79 Å². The molecule has 3 nitrogen and oxygen atoms in total. The van der Waals surface area contributed by atoms with E-state index in [0.29, 0.717) is 11.9 Å². The molecule has 2 unspecified atom stereocenters. The molecule has 3 heteroatoms. The number of amides is 1. The van der Waals surface area contributed by atoms with E-state index in [0.717, 1.165) is 44.7 Å². The lowest BCUT2D eigenvalue weighted by molar-refractivity contribution is -0.140. The molecule has 1 aliphatic carbocycles. The molecule has 20 heavy (non-hydrogen) atoms. The number of carbonyl (C=O) groups is 1. The van der Waals surface area contributed by atoms with Crippen LogP contribution in [0.1, 0.15) is 71.6 Å². The van der Waals surface area contributed by atoms with Crippen molar-refractivity contribution in [3.63, 3.8) is 0 Å². The highest BCUT2D eigenvalue weighted by molar-refractivity contribution is 5.83. The van der Waals surface area contributed by atoms with E-state index < -0.39 is 0 Å². The van der Waals surface area contributed by atoms with Gasteiger partial charge in [-0.2, -0.15) is 0 Å². The molecule has 2 fully saturated rings. The molecule has 0 aromatic carbocycles. The van der Waals surface area contributed by atoms with Gasteiger partial charge >= 0.3 is 0 Å². The molecule has 116 valence electrons. The number of hydrogen-bond donors (Lipinski definition) is 1. The second-order valence-electron chi connectivity index (χ2n) is 6.55. The third kappa shape index (κ3) is 3.75. The minimum Gasteiger partial charge on any atom is -0.338 e. The first kappa shape index (κ1) is 15.8. The summed E-state index contributed by atoms with van der Waals surface area (Å²) in [4.78, 5) is 15.0. The average molecular weight is 280 g/mol. The summed E-state index contributed by atoms with van der Waals surface area (Å²) in [5.74, 6) is 1.13. The van der Waals surface area contributed by atoms with E-state index in [1.807, 2.05) is 0 Å². The van der Waals surface area contributed by atoms with Crippen LogP contribution in [0, 0.1) is 5.92 Å².